The molecule has 0 radical (unpaired) electrons. The summed E-state index contributed by atoms with van der Waals surface area (Å²) in [6, 6.07) is 74.1. The van der Waals surface area contributed by atoms with E-state index >= 15 is 0 Å². The number of rotatable bonds is 14. The van der Waals surface area contributed by atoms with Gasteiger partial charge in [0.15, 0.2) is 0 Å². The third-order valence-corrected chi connectivity index (χ3v) is 14.0. The summed E-state index contributed by atoms with van der Waals surface area (Å²) in [5.41, 5.74) is 11.3. The Morgan fingerprint density at radius 2 is 0.600 bits per heavy atom. The maximum Gasteiger partial charge on any atom is 0.119 e. The molecule has 346 valence electrons. The van der Waals surface area contributed by atoms with E-state index in [0.29, 0.717) is 12.2 Å². The zero-order valence-corrected chi connectivity index (χ0v) is 39.9. The lowest BCUT2D eigenvalue weighted by Crippen LogP contribution is -2.19. The van der Waals surface area contributed by atoms with E-state index < -0.39 is 0 Å². The molecule has 70 heavy (non-hydrogen) atoms. The second-order valence-corrected chi connectivity index (χ2v) is 19.0. The average molecular weight is 913 g/mol. The molecule has 0 atom stereocenters. The van der Waals surface area contributed by atoms with Gasteiger partial charge < -0.3 is 19.3 Å². The predicted octanol–water partition coefficient (Wildman–Crippen LogP) is 18.7. The molecule has 0 bridgehead atoms. The Bertz CT molecular complexity index is 2970. The molecule has 0 aromatic heterocycles. The smallest absolute Gasteiger partial charge is 0.119 e. The summed E-state index contributed by atoms with van der Waals surface area (Å²) in [6.45, 7) is 0. The van der Waals surface area contributed by atoms with Crippen molar-refractivity contribution in [1.29, 1.82) is 0 Å². The van der Waals surface area contributed by atoms with Gasteiger partial charge in [0, 0.05) is 34.1 Å². The van der Waals surface area contributed by atoms with Crippen LogP contribution in [0.1, 0.15) is 86.5 Å². The molecular formula is C66H60N2O2. The number of benzene rings is 9. The molecule has 9 aromatic carbocycles. The minimum Gasteiger partial charge on any atom is -0.490 e. The van der Waals surface area contributed by atoms with E-state index in [2.05, 4.69) is 240 Å². The Labute approximate surface area is 413 Å². The zero-order chi connectivity index (χ0) is 46.9. The summed E-state index contributed by atoms with van der Waals surface area (Å²) >= 11 is 0. The van der Waals surface area contributed by atoms with E-state index in [1.165, 1.54) is 71.2 Å². The zero-order valence-electron chi connectivity index (χ0n) is 39.9. The molecule has 0 saturated heterocycles. The van der Waals surface area contributed by atoms with E-state index in [9.17, 15) is 0 Å². The molecule has 9 aromatic rings. The first-order chi connectivity index (χ1) is 34.6. The predicted molar refractivity (Wildman–Crippen MR) is 297 cm³/mol. The number of hydrogen-bond acceptors (Lipinski definition) is 4. The molecule has 11 rings (SSSR count). The molecule has 2 aliphatic rings. The normalized spacial score (nSPS) is 14.6. The molecule has 2 aliphatic carbocycles. The van der Waals surface area contributed by atoms with Crippen molar-refractivity contribution in [3.63, 3.8) is 0 Å². The maximum atomic E-state index is 6.35. The Morgan fingerprint density at radius 3 is 0.971 bits per heavy atom. The third-order valence-electron chi connectivity index (χ3n) is 14.0. The van der Waals surface area contributed by atoms with E-state index in [4.69, 9.17) is 9.47 Å². The van der Waals surface area contributed by atoms with Crippen LogP contribution in [0.5, 0.6) is 11.5 Å². The summed E-state index contributed by atoms with van der Waals surface area (Å²) in [7, 11) is 0. The summed E-state index contributed by atoms with van der Waals surface area (Å²) in [5, 5.41) is 4.93. The monoisotopic (exact) mass is 912 g/mol. The molecule has 0 spiro atoms. The van der Waals surface area contributed by atoms with Crippen LogP contribution >= 0.6 is 0 Å². The molecule has 0 aliphatic heterocycles. The van der Waals surface area contributed by atoms with Crippen molar-refractivity contribution in [3.8, 4) is 11.5 Å². The van der Waals surface area contributed by atoms with Crippen LogP contribution in [-0.4, -0.2) is 12.2 Å². The first-order valence-electron chi connectivity index (χ1n) is 25.4. The number of hydrogen-bond donors (Lipinski definition) is 0. The minimum absolute atomic E-state index is 0.334. The van der Waals surface area contributed by atoms with Crippen molar-refractivity contribution in [2.75, 3.05) is 9.80 Å². The van der Waals surface area contributed by atoms with Gasteiger partial charge in [-0.1, -0.05) is 122 Å². The summed E-state index contributed by atoms with van der Waals surface area (Å²) in [5.74, 6) is 1.90. The van der Waals surface area contributed by atoms with Crippen molar-refractivity contribution >= 4 is 80.0 Å². The molecule has 2 fully saturated rings. The van der Waals surface area contributed by atoms with Crippen LogP contribution < -0.4 is 19.3 Å². The van der Waals surface area contributed by atoms with Crippen LogP contribution in [-0.2, 0) is 0 Å². The van der Waals surface area contributed by atoms with Crippen molar-refractivity contribution in [3.05, 3.63) is 229 Å². The lowest BCUT2D eigenvalue weighted by molar-refractivity contribution is 0.155. The maximum absolute atomic E-state index is 6.35. The standard InChI is InChI=1S/C66H60N2O2/c1-5-13-57(14-6-1)67(61-37-41-65(42-38-61)69-63-17-9-3-10-18-63)59-33-27-49(28-34-59)21-23-51-25-31-53-48-56-46-52(26-32-54(56)47-55(53)45-51)24-22-50-29-35-60(36-30-50)68(58-15-7-2-8-16-58)62-39-43-66(44-40-62)70-64-19-11-4-12-20-64/h1-2,5-8,13-16,21-48,63-64H,3-4,9-12,17-20H2/b23-21+,24-22+. The highest BCUT2D eigenvalue weighted by atomic mass is 16.5. The van der Waals surface area contributed by atoms with Gasteiger partial charge in [-0.05, 0) is 216 Å². The number of para-hydroxylation sites is 2. The second-order valence-electron chi connectivity index (χ2n) is 19.0. The lowest BCUT2D eigenvalue weighted by atomic mass is 9.98. The van der Waals surface area contributed by atoms with E-state index in [1.807, 2.05) is 0 Å². The van der Waals surface area contributed by atoms with Crippen LogP contribution in [0, 0.1) is 0 Å². The minimum atomic E-state index is 0.334. The van der Waals surface area contributed by atoms with Crippen molar-refractivity contribution < 1.29 is 9.47 Å². The molecule has 0 unspecified atom stereocenters. The summed E-state index contributed by atoms with van der Waals surface area (Å²) in [4.78, 5) is 4.61. The molecule has 2 saturated carbocycles. The van der Waals surface area contributed by atoms with E-state index in [0.717, 1.165) is 82.4 Å². The average Bonchev–Trinajstić information content (AvgIpc) is 3.42. The quantitative estimate of drug-likeness (QED) is 0.0802. The summed E-state index contributed by atoms with van der Waals surface area (Å²) < 4.78 is 12.7. The van der Waals surface area contributed by atoms with Gasteiger partial charge >= 0.3 is 0 Å². The third kappa shape index (κ3) is 10.7. The Kier molecular flexibility index (Phi) is 13.5. The van der Waals surface area contributed by atoms with Gasteiger partial charge in [-0.15, -0.1) is 0 Å². The van der Waals surface area contributed by atoms with Gasteiger partial charge in [0.2, 0.25) is 0 Å². The van der Waals surface area contributed by atoms with Gasteiger partial charge in [-0.2, -0.15) is 0 Å². The fourth-order valence-corrected chi connectivity index (χ4v) is 10.2. The lowest BCUT2D eigenvalue weighted by Gasteiger charge is -2.26. The molecule has 0 heterocycles. The van der Waals surface area contributed by atoms with Crippen LogP contribution in [0.15, 0.2) is 206 Å². The highest BCUT2D eigenvalue weighted by Gasteiger charge is 2.18. The molecule has 4 heteroatoms. The number of ether oxygens (including phenoxy) is 2. The molecular weight excluding hydrogens is 853 g/mol. The largest absolute Gasteiger partial charge is 0.490 e. The fourth-order valence-electron chi connectivity index (χ4n) is 10.2. The molecule has 4 nitrogen and oxygen atoms in total. The van der Waals surface area contributed by atoms with E-state index in [1.54, 1.807) is 0 Å². The Balaban J connectivity index is 0.756. The second kappa shape index (κ2) is 21.2. The van der Waals surface area contributed by atoms with Crippen LogP contribution in [0.2, 0.25) is 0 Å². The highest BCUT2D eigenvalue weighted by molar-refractivity contribution is 6.00. The van der Waals surface area contributed by atoms with Gasteiger partial charge in [0.25, 0.3) is 0 Å². The highest BCUT2D eigenvalue weighted by Crippen LogP contribution is 2.38. The number of nitrogens with zero attached hydrogens (tertiary/aromatic N) is 2. The molecule has 0 amide bonds. The van der Waals surface area contributed by atoms with Gasteiger partial charge in [0.05, 0.1) is 12.2 Å². The number of fused-ring (bicyclic) bond motifs is 2. The Morgan fingerprint density at radius 1 is 0.286 bits per heavy atom. The van der Waals surface area contributed by atoms with Crippen molar-refractivity contribution in [1.82, 2.24) is 0 Å². The topological polar surface area (TPSA) is 24.9 Å². The first kappa shape index (κ1) is 44.7. The van der Waals surface area contributed by atoms with Crippen molar-refractivity contribution in [2.45, 2.75) is 76.4 Å². The van der Waals surface area contributed by atoms with Gasteiger partial charge in [-0.3, -0.25) is 0 Å². The first-order valence-corrected chi connectivity index (χ1v) is 25.4. The van der Waals surface area contributed by atoms with Gasteiger partial charge in [0.1, 0.15) is 11.5 Å². The number of anilines is 6. The SMILES string of the molecule is C(=C\c1ccc2cc3cc(/C=C/c4ccc(N(c5ccccc5)c5ccc(OC6CCCCC6)cc5)cc4)ccc3cc2c1)/c1ccc(N(c2ccccc2)c2ccc(OC3CCCCC3)cc2)cc1. The Hall–Kier alpha value is -7.82. The van der Waals surface area contributed by atoms with E-state index in [-0.39, 0.29) is 0 Å². The van der Waals surface area contributed by atoms with Crippen molar-refractivity contribution in [2.24, 2.45) is 0 Å². The fraction of sp³-hybridized carbons (Fsp3) is 0.182. The van der Waals surface area contributed by atoms with Crippen LogP contribution in [0.4, 0.5) is 34.1 Å². The van der Waals surface area contributed by atoms with Gasteiger partial charge in [-0.25, -0.2) is 0 Å². The summed E-state index contributed by atoms with van der Waals surface area (Å²) in [6.07, 6.45) is 21.8. The van der Waals surface area contributed by atoms with Crippen LogP contribution in [0.25, 0.3) is 45.8 Å². The van der Waals surface area contributed by atoms with Crippen LogP contribution in [0.3, 0.4) is 0 Å². The molecule has 0 N–H and O–H groups in total.